The minimum Gasteiger partial charge on any atom is -0.278 e. The number of para-hydroxylation sites is 1. The Morgan fingerprint density at radius 1 is 0.591 bits per heavy atom. The van der Waals surface area contributed by atoms with Crippen molar-refractivity contribution in [1.29, 1.82) is 0 Å². The van der Waals surface area contributed by atoms with E-state index in [1.807, 2.05) is 0 Å². The van der Waals surface area contributed by atoms with E-state index in [2.05, 4.69) is 146 Å². The molecule has 0 atom stereocenters. The lowest BCUT2D eigenvalue weighted by atomic mass is 9.89. The monoisotopic (exact) mass is 581 g/mol. The third-order valence-electron chi connectivity index (χ3n) is 8.94. The summed E-state index contributed by atoms with van der Waals surface area (Å²) < 4.78 is 4.65. The van der Waals surface area contributed by atoms with Crippen molar-refractivity contribution >= 4 is 64.2 Å². The number of thiophene rings is 1. The summed E-state index contributed by atoms with van der Waals surface area (Å²) in [6, 6.07) is 45.3. The lowest BCUT2D eigenvalue weighted by Gasteiger charge is -2.17. The minimum atomic E-state index is 0.695. The van der Waals surface area contributed by atoms with Crippen LogP contribution in [-0.4, -0.2) is 14.5 Å². The zero-order valence-corrected chi connectivity index (χ0v) is 25.2. The van der Waals surface area contributed by atoms with E-state index in [1.54, 1.807) is 11.3 Å². The molecule has 0 aliphatic carbocycles. The molecule has 3 nitrogen and oxygen atoms in total. The number of aromatic nitrogens is 3. The lowest BCUT2D eigenvalue weighted by molar-refractivity contribution is 1.01. The quantitative estimate of drug-likeness (QED) is 0.208. The number of hydrogen-bond acceptors (Lipinski definition) is 3. The molecule has 0 aliphatic heterocycles. The maximum atomic E-state index is 5.41. The van der Waals surface area contributed by atoms with E-state index in [1.165, 1.54) is 48.5 Å². The fraction of sp³-hybridized carbons (Fsp3) is 0.0500. The first-order chi connectivity index (χ1) is 21.7. The summed E-state index contributed by atoms with van der Waals surface area (Å²) in [5, 5.41) is 6.12. The molecule has 44 heavy (non-hydrogen) atoms. The van der Waals surface area contributed by atoms with Gasteiger partial charge >= 0.3 is 0 Å². The summed E-state index contributed by atoms with van der Waals surface area (Å²) >= 11 is 1.77. The molecule has 0 aliphatic rings. The van der Waals surface area contributed by atoms with E-state index in [4.69, 9.17) is 9.97 Å². The van der Waals surface area contributed by atoms with Crippen molar-refractivity contribution in [2.75, 3.05) is 0 Å². The molecular formula is C40H27N3S. The zero-order chi connectivity index (χ0) is 29.4. The van der Waals surface area contributed by atoms with Crippen molar-refractivity contribution in [1.82, 2.24) is 14.5 Å². The first-order valence-corrected chi connectivity index (χ1v) is 15.8. The molecular weight excluding hydrogens is 555 g/mol. The van der Waals surface area contributed by atoms with Crippen LogP contribution in [0.15, 0.2) is 127 Å². The van der Waals surface area contributed by atoms with Gasteiger partial charge in [0, 0.05) is 26.4 Å². The molecule has 0 bridgehead atoms. The summed E-state index contributed by atoms with van der Waals surface area (Å²) in [4.78, 5) is 10.8. The smallest absolute Gasteiger partial charge is 0.235 e. The number of fused-ring (bicyclic) bond motifs is 8. The second-order valence-electron chi connectivity index (χ2n) is 11.5. The Kier molecular flexibility index (Phi) is 5.50. The molecule has 4 heteroatoms. The third-order valence-corrected chi connectivity index (χ3v) is 10.1. The number of aryl methyl sites for hydroxylation is 2. The van der Waals surface area contributed by atoms with E-state index < -0.39 is 0 Å². The number of benzene rings is 6. The number of rotatable bonds is 3. The molecule has 6 aromatic carbocycles. The molecule has 0 spiro atoms. The van der Waals surface area contributed by atoms with Gasteiger partial charge in [0.2, 0.25) is 5.95 Å². The Hall–Kier alpha value is -5.32. The first-order valence-electron chi connectivity index (χ1n) is 14.9. The molecule has 0 unspecified atom stereocenters. The second kappa shape index (κ2) is 9.60. The van der Waals surface area contributed by atoms with E-state index in [9.17, 15) is 0 Å². The Morgan fingerprint density at radius 3 is 2.07 bits per heavy atom. The molecule has 0 fully saturated rings. The largest absolute Gasteiger partial charge is 0.278 e. The van der Waals surface area contributed by atoms with Gasteiger partial charge in [-0.1, -0.05) is 115 Å². The van der Waals surface area contributed by atoms with Gasteiger partial charge in [0.1, 0.15) is 0 Å². The second-order valence-corrected chi connectivity index (χ2v) is 12.5. The van der Waals surface area contributed by atoms with Crippen LogP contribution in [0.2, 0.25) is 0 Å². The maximum absolute atomic E-state index is 5.41. The molecule has 9 rings (SSSR count). The Morgan fingerprint density at radius 2 is 1.25 bits per heavy atom. The molecule has 0 amide bonds. The van der Waals surface area contributed by atoms with E-state index in [0.29, 0.717) is 5.95 Å². The summed E-state index contributed by atoms with van der Waals surface area (Å²) in [6.07, 6.45) is 0. The maximum Gasteiger partial charge on any atom is 0.235 e. The summed E-state index contributed by atoms with van der Waals surface area (Å²) in [5.74, 6) is 0.695. The molecule has 0 radical (unpaired) electrons. The summed E-state index contributed by atoms with van der Waals surface area (Å²) in [6.45, 7) is 4.47. The van der Waals surface area contributed by atoms with Gasteiger partial charge < -0.3 is 0 Å². The predicted octanol–water partition coefficient (Wildman–Crippen LogP) is 11.0. The van der Waals surface area contributed by atoms with Gasteiger partial charge in [0.15, 0.2) is 0 Å². The molecule has 0 saturated carbocycles. The van der Waals surface area contributed by atoms with Crippen LogP contribution in [-0.2, 0) is 0 Å². The standard InChI is InChI=1S/C40H27N3S/c1-24-14-6-7-17-27(24)34-25(2)38-35(29-19-9-8-18-28(29)34)30-20-10-12-22-32(30)43(38)40-41-36(26-15-4-3-5-16-26)39-37(42-40)31-21-11-13-23-33(31)44-39/h3-23H,1-2H3. The van der Waals surface area contributed by atoms with Crippen LogP contribution in [0.4, 0.5) is 0 Å². The molecule has 3 aromatic heterocycles. The van der Waals surface area contributed by atoms with E-state index in [0.717, 1.165) is 37.9 Å². The number of hydrogen-bond donors (Lipinski definition) is 0. The third kappa shape index (κ3) is 3.55. The van der Waals surface area contributed by atoms with Gasteiger partial charge in [-0.2, -0.15) is 0 Å². The van der Waals surface area contributed by atoms with Gasteiger partial charge in [-0.3, -0.25) is 4.57 Å². The predicted molar refractivity (Wildman–Crippen MR) is 187 cm³/mol. The summed E-state index contributed by atoms with van der Waals surface area (Å²) in [7, 11) is 0. The van der Waals surface area contributed by atoms with Crippen molar-refractivity contribution in [3.8, 4) is 28.3 Å². The molecule has 208 valence electrons. The van der Waals surface area contributed by atoms with Gasteiger partial charge in [-0.15, -0.1) is 11.3 Å². The van der Waals surface area contributed by atoms with Crippen molar-refractivity contribution in [2.45, 2.75) is 13.8 Å². The molecule has 0 N–H and O–H groups in total. The van der Waals surface area contributed by atoms with Gasteiger partial charge in [0.05, 0.1) is 26.9 Å². The highest BCUT2D eigenvalue weighted by Gasteiger charge is 2.24. The highest BCUT2D eigenvalue weighted by atomic mass is 32.1. The Bertz CT molecular complexity index is 2570. The SMILES string of the molecule is Cc1ccccc1-c1c(C)c2c(c3ccccc13)c1ccccc1n2-c1nc(-c2ccccc2)c2sc3ccccc3c2n1. The summed E-state index contributed by atoms with van der Waals surface area (Å²) in [5.41, 5.74) is 10.3. The van der Waals surface area contributed by atoms with Crippen molar-refractivity contribution < 1.29 is 0 Å². The molecule has 0 saturated heterocycles. The van der Waals surface area contributed by atoms with Gasteiger partial charge in [-0.25, -0.2) is 9.97 Å². The fourth-order valence-corrected chi connectivity index (χ4v) is 8.14. The average molecular weight is 582 g/mol. The van der Waals surface area contributed by atoms with E-state index >= 15 is 0 Å². The molecule has 9 aromatic rings. The van der Waals surface area contributed by atoms with Crippen LogP contribution >= 0.6 is 11.3 Å². The van der Waals surface area contributed by atoms with Crippen LogP contribution < -0.4 is 0 Å². The Balaban J connectivity index is 1.50. The van der Waals surface area contributed by atoms with Crippen LogP contribution in [0, 0.1) is 13.8 Å². The average Bonchev–Trinajstić information content (AvgIpc) is 3.62. The topological polar surface area (TPSA) is 30.7 Å². The lowest BCUT2D eigenvalue weighted by Crippen LogP contribution is -2.04. The highest BCUT2D eigenvalue weighted by Crippen LogP contribution is 2.45. The fourth-order valence-electron chi connectivity index (χ4n) is 6.99. The van der Waals surface area contributed by atoms with Crippen LogP contribution in [0.5, 0.6) is 0 Å². The van der Waals surface area contributed by atoms with Crippen LogP contribution in [0.3, 0.4) is 0 Å². The van der Waals surface area contributed by atoms with Gasteiger partial charge in [-0.05, 0) is 59.0 Å². The molecule has 3 heterocycles. The van der Waals surface area contributed by atoms with Crippen LogP contribution in [0.25, 0.3) is 81.2 Å². The van der Waals surface area contributed by atoms with Crippen molar-refractivity contribution in [3.05, 3.63) is 139 Å². The van der Waals surface area contributed by atoms with E-state index in [-0.39, 0.29) is 0 Å². The number of nitrogens with zero attached hydrogens (tertiary/aromatic N) is 3. The first kappa shape index (κ1) is 25.2. The van der Waals surface area contributed by atoms with Crippen molar-refractivity contribution in [2.24, 2.45) is 0 Å². The minimum absolute atomic E-state index is 0.695. The normalized spacial score (nSPS) is 11.9. The zero-order valence-electron chi connectivity index (χ0n) is 24.4. The Labute approximate surface area is 258 Å². The highest BCUT2D eigenvalue weighted by molar-refractivity contribution is 7.26. The van der Waals surface area contributed by atoms with Crippen molar-refractivity contribution in [3.63, 3.8) is 0 Å². The van der Waals surface area contributed by atoms with Crippen LogP contribution in [0.1, 0.15) is 11.1 Å². The van der Waals surface area contributed by atoms with Gasteiger partial charge in [0.25, 0.3) is 0 Å².